The van der Waals surface area contributed by atoms with Crippen LogP contribution in [0.1, 0.15) is 91.9 Å². The second kappa shape index (κ2) is 9.50. The van der Waals surface area contributed by atoms with Crippen LogP contribution in [0.5, 0.6) is 0 Å². The van der Waals surface area contributed by atoms with Crippen LogP contribution in [0.3, 0.4) is 0 Å². The molecule has 8 rings (SSSR count). The van der Waals surface area contributed by atoms with E-state index in [1.165, 1.54) is 35.3 Å². The second-order valence-corrected chi connectivity index (χ2v) is 18.8. The van der Waals surface area contributed by atoms with Gasteiger partial charge in [0.2, 0.25) is 0 Å². The standard InChI is InChI=1S/C34H49NO4S2/c1-31(2)23-8-7-22(29(31)19-23)20-35(41(38,39)30-6-5-17-40-30)21-34(37)16-13-28-26-10-9-24-18-25(36)11-14-32(24,3)27(26)12-15-33(28,34)4/h5-6,9-10,17,22-23,25,27-29,36-37H,7-8,11-16,18-21H2,1-4H3. The second-order valence-electron chi connectivity index (χ2n) is 15.7. The summed E-state index contributed by atoms with van der Waals surface area (Å²) in [4.78, 5) is 0. The fourth-order valence-corrected chi connectivity index (χ4v) is 13.6. The fraction of sp³-hybridized carbons (Fsp3) is 0.765. The van der Waals surface area contributed by atoms with Crippen molar-refractivity contribution >= 4 is 21.4 Å². The fourth-order valence-electron chi connectivity index (χ4n) is 10.9. The first-order valence-electron chi connectivity index (χ1n) is 16.1. The Kier molecular flexibility index (Phi) is 6.67. The molecule has 6 fully saturated rings. The number of rotatable bonds is 6. The third-order valence-electron chi connectivity index (χ3n) is 13.8. The number of thiophene rings is 1. The molecule has 2 bridgehead atoms. The molecule has 5 nitrogen and oxygen atoms in total. The van der Waals surface area contributed by atoms with Gasteiger partial charge in [-0.25, -0.2) is 8.42 Å². The highest BCUT2D eigenvalue weighted by atomic mass is 32.2. The molecule has 2 N–H and O–H groups in total. The van der Waals surface area contributed by atoms with Crippen molar-refractivity contribution < 1.29 is 18.6 Å². The lowest BCUT2D eigenvalue weighted by Crippen LogP contribution is -2.59. The summed E-state index contributed by atoms with van der Waals surface area (Å²) >= 11 is 1.29. The molecule has 6 saturated carbocycles. The van der Waals surface area contributed by atoms with Crippen LogP contribution in [0, 0.1) is 45.8 Å². The van der Waals surface area contributed by atoms with Crippen molar-refractivity contribution in [2.75, 3.05) is 13.1 Å². The lowest BCUT2D eigenvalue weighted by atomic mass is 9.45. The lowest BCUT2D eigenvalue weighted by molar-refractivity contribution is -0.118. The molecule has 7 aliphatic rings. The van der Waals surface area contributed by atoms with Crippen LogP contribution in [0.15, 0.2) is 45.0 Å². The van der Waals surface area contributed by atoms with Crippen molar-refractivity contribution in [3.8, 4) is 0 Å². The third-order valence-corrected chi connectivity index (χ3v) is 17.0. The molecule has 0 radical (unpaired) electrons. The van der Waals surface area contributed by atoms with Crippen molar-refractivity contribution in [2.24, 2.45) is 45.8 Å². The number of aliphatic hydroxyl groups is 2. The van der Waals surface area contributed by atoms with Crippen molar-refractivity contribution in [1.29, 1.82) is 0 Å². The van der Waals surface area contributed by atoms with E-state index >= 15 is 0 Å². The Morgan fingerprint density at radius 1 is 1.00 bits per heavy atom. The van der Waals surface area contributed by atoms with Gasteiger partial charge in [-0.05, 0) is 116 Å². The third kappa shape index (κ3) is 4.11. The predicted octanol–water partition coefficient (Wildman–Crippen LogP) is 6.79. The van der Waals surface area contributed by atoms with Crippen LogP contribution in [0.25, 0.3) is 0 Å². The minimum absolute atomic E-state index is 0.0916. The molecule has 41 heavy (non-hydrogen) atoms. The summed E-state index contributed by atoms with van der Waals surface area (Å²) in [5.41, 5.74) is 1.82. The summed E-state index contributed by atoms with van der Waals surface area (Å²) in [6.45, 7) is 10.1. The first kappa shape index (κ1) is 28.8. The molecule has 7 heteroatoms. The molecule has 9 atom stereocenters. The Bertz CT molecular complexity index is 1360. The van der Waals surface area contributed by atoms with Crippen LogP contribution in [-0.2, 0) is 10.0 Å². The number of hydrogen-bond donors (Lipinski definition) is 2. The average molecular weight is 600 g/mol. The Morgan fingerprint density at radius 3 is 2.49 bits per heavy atom. The number of allylic oxidation sites excluding steroid dienone is 3. The zero-order valence-electron chi connectivity index (χ0n) is 25.3. The van der Waals surface area contributed by atoms with E-state index in [4.69, 9.17) is 0 Å². The maximum absolute atomic E-state index is 14.2. The summed E-state index contributed by atoms with van der Waals surface area (Å²) in [5.74, 6) is 2.40. The molecular formula is C34H49NO4S2. The summed E-state index contributed by atoms with van der Waals surface area (Å²) in [6, 6.07) is 3.55. The van der Waals surface area contributed by atoms with Crippen LogP contribution in [0.4, 0.5) is 0 Å². The zero-order valence-corrected chi connectivity index (χ0v) is 26.9. The van der Waals surface area contributed by atoms with E-state index in [0.717, 1.165) is 50.9 Å². The van der Waals surface area contributed by atoms with Gasteiger partial charge >= 0.3 is 0 Å². The van der Waals surface area contributed by atoms with Gasteiger partial charge in [0, 0.05) is 18.5 Å². The normalized spacial score (nSPS) is 44.8. The van der Waals surface area contributed by atoms with Gasteiger partial charge in [0.05, 0.1) is 11.7 Å². The van der Waals surface area contributed by atoms with Crippen LogP contribution in [-0.4, -0.2) is 47.7 Å². The van der Waals surface area contributed by atoms with E-state index in [2.05, 4.69) is 39.8 Å². The summed E-state index contributed by atoms with van der Waals surface area (Å²) < 4.78 is 30.5. The van der Waals surface area contributed by atoms with E-state index in [9.17, 15) is 18.6 Å². The Hall–Kier alpha value is -0.990. The molecule has 1 heterocycles. The predicted molar refractivity (Wildman–Crippen MR) is 164 cm³/mol. The average Bonchev–Trinajstić information content (AvgIpc) is 3.56. The number of hydrogen-bond acceptors (Lipinski definition) is 5. The van der Waals surface area contributed by atoms with Crippen LogP contribution < -0.4 is 0 Å². The maximum atomic E-state index is 14.2. The van der Waals surface area contributed by atoms with Crippen LogP contribution >= 0.6 is 11.3 Å². The van der Waals surface area contributed by atoms with Crippen molar-refractivity contribution in [1.82, 2.24) is 4.31 Å². The SMILES string of the molecule is CC12CCC(O)CC1=CC=C1C2CCC2(C)C1CCC2(O)CN(CC1CCC2CC1C2(C)C)S(=O)(=O)c1cccs1. The summed E-state index contributed by atoms with van der Waals surface area (Å²) in [7, 11) is -3.70. The molecule has 0 saturated heterocycles. The van der Waals surface area contributed by atoms with Gasteiger partial charge in [-0.1, -0.05) is 57.1 Å². The monoisotopic (exact) mass is 599 g/mol. The Morgan fingerprint density at radius 2 is 1.78 bits per heavy atom. The quantitative estimate of drug-likeness (QED) is 0.378. The molecule has 1 aromatic heterocycles. The van der Waals surface area contributed by atoms with Gasteiger partial charge in [0.25, 0.3) is 10.0 Å². The molecule has 0 aromatic carbocycles. The first-order chi connectivity index (χ1) is 19.3. The first-order valence-corrected chi connectivity index (χ1v) is 18.5. The smallest absolute Gasteiger partial charge is 0.252 e. The van der Waals surface area contributed by atoms with E-state index < -0.39 is 15.6 Å². The van der Waals surface area contributed by atoms with Gasteiger partial charge in [-0.2, -0.15) is 4.31 Å². The topological polar surface area (TPSA) is 77.8 Å². The molecule has 0 amide bonds. The summed E-state index contributed by atoms with van der Waals surface area (Å²) in [6.07, 6.45) is 14.0. The number of sulfonamides is 1. The van der Waals surface area contributed by atoms with E-state index in [0.29, 0.717) is 34.9 Å². The molecule has 9 unspecified atom stereocenters. The lowest BCUT2D eigenvalue weighted by Gasteiger charge is -2.61. The van der Waals surface area contributed by atoms with Crippen molar-refractivity contribution in [2.45, 2.75) is 108 Å². The van der Waals surface area contributed by atoms with Gasteiger partial charge in [0.15, 0.2) is 0 Å². The molecule has 1 aromatic rings. The highest BCUT2D eigenvalue weighted by Crippen LogP contribution is 2.66. The van der Waals surface area contributed by atoms with Gasteiger partial charge < -0.3 is 10.2 Å². The van der Waals surface area contributed by atoms with E-state index in [1.807, 2.05) is 11.4 Å². The van der Waals surface area contributed by atoms with Crippen LogP contribution in [0.2, 0.25) is 0 Å². The summed E-state index contributed by atoms with van der Waals surface area (Å²) in [5, 5.41) is 24.8. The Balaban J connectivity index is 1.20. The van der Waals surface area contributed by atoms with Crippen molar-refractivity contribution in [3.63, 3.8) is 0 Å². The maximum Gasteiger partial charge on any atom is 0.252 e. The van der Waals surface area contributed by atoms with E-state index in [1.54, 1.807) is 10.4 Å². The Labute approximate surface area is 251 Å². The molecule has 0 aliphatic heterocycles. The minimum Gasteiger partial charge on any atom is -0.393 e. The van der Waals surface area contributed by atoms with Gasteiger partial charge in [-0.3, -0.25) is 0 Å². The number of nitrogens with zero attached hydrogens (tertiary/aromatic N) is 1. The molecule has 7 aliphatic carbocycles. The van der Waals surface area contributed by atoms with E-state index in [-0.39, 0.29) is 34.8 Å². The minimum atomic E-state index is -3.70. The molecule has 226 valence electrons. The molecule has 0 spiro atoms. The van der Waals surface area contributed by atoms with Crippen molar-refractivity contribution in [3.05, 3.63) is 40.8 Å². The highest BCUT2D eigenvalue weighted by molar-refractivity contribution is 7.91. The number of aliphatic hydroxyl groups excluding tert-OH is 1. The zero-order chi connectivity index (χ0) is 29.0. The number of fused-ring (bicyclic) bond motifs is 7. The van der Waals surface area contributed by atoms with Gasteiger partial charge in [0.1, 0.15) is 4.21 Å². The highest BCUT2D eigenvalue weighted by Gasteiger charge is 2.63. The largest absolute Gasteiger partial charge is 0.393 e. The van der Waals surface area contributed by atoms with Gasteiger partial charge in [-0.15, -0.1) is 11.3 Å². The molecular weight excluding hydrogens is 551 g/mol.